The van der Waals surface area contributed by atoms with Crippen LogP contribution in [-0.4, -0.2) is 58.2 Å². The van der Waals surface area contributed by atoms with Crippen molar-refractivity contribution in [1.29, 1.82) is 0 Å². The summed E-state index contributed by atoms with van der Waals surface area (Å²) in [5, 5.41) is 16.5. The van der Waals surface area contributed by atoms with E-state index in [4.69, 9.17) is 19.8 Å². The van der Waals surface area contributed by atoms with Crippen molar-refractivity contribution in [3.05, 3.63) is 0 Å². The van der Waals surface area contributed by atoms with Crippen LogP contribution in [0.5, 0.6) is 0 Å². The van der Waals surface area contributed by atoms with E-state index in [-0.39, 0.29) is 0 Å². The van der Waals surface area contributed by atoms with Crippen molar-refractivity contribution in [1.82, 2.24) is 4.90 Å². The van der Waals surface area contributed by atoms with Crippen molar-refractivity contribution in [3.8, 4) is 0 Å². The third kappa shape index (κ3) is 7.84. The molecule has 1 fully saturated rings. The Labute approximate surface area is 103 Å². The summed E-state index contributed by atoms with van der Waals surface area (Å²) in [5.74, 6) is -3.65. The molecule has 16 heavy (non-hydrogen) atoms. The summed E-state index contributed by atoms with van der Waals surface area (Å²) in [6.07, 6.45) is 1.38. The minimum absolute atomic E-state index is 0.870. The molecular formula is C9H17NO4S2. The van der Waals surface area contributed by atoms with Gasteiger partial charge in [-0.3, -0.25) is 0 Å². The van der Waals surface area contributed by atoms with Crippen LogP contribution in [0.4, 0.5) is 0 Å². The lowest BCUT2D eigenvalue weighted by molar-refractivity contribution is -0.159. The monoisotopic (exact) mass is 267 g/mol. The van der Waals surface area contributed by atoms with Crippen LogP contribution in [0.1, 0.15) is 13.3 Å². The predicted octanol–water partition coefficient (Wildman–Crippen LogP) is 1.25. The van der Waals surface area contributed by atoms with Crippen molar-refractivity contribution >= 4 is 33.5 Å². The number of aliphatic carboxylic acids is 2. The average molecular weight is 267 g/mol. The Balaban J connectivity index is 0.000000325. The highest BCUT2D eigenvalue weighted by Crippen LogP contribution is 2.43. The summed E-state index contributed by atoms with van der Waals surface area (Å²) in [4.78, 5) is 20.5. The number of carbonyl (C=O) groups is 2. The fraction of sp³-hybridized carbons (Fsp3) is 0.778. The zero-order valence-corrected chi connectivity index (χ0v) is 11.2. The largest absolute Gasteiger partial charge is 0.473 e. The van der Waals surface area contributed by atoms with Gasteiger partial charge >= 0.3 is 11.9 Å². The molecule has 0 aromatic rings. The molecule has 1 aliphatic heterocycles. The topological polar surface area (TPSA) is 77.8 Å². The van der Waals surface area contributed by atoms with Crippen LogP contribution in [0.3, 0.4) is 0 Å². The second-order valence-electron chi connectivity index (χ2n) is 3.73. The Morgan fingerprint density at radius 1 is 1.25 bits per heavy atom. The van der Waals surface area contributed by atoms with Gasteiger partial charge in [0.1, 0.15) is 0 Å². The summed E-state index contributed by atoms with van der Waals surface area (Å²) in [6.45, 7) is 3.55. The molecular weight excluding hydrogens is 250 g/mol. The highest BCUT2D eigenvalue weighted by atomic mass is 33.1. The molecule has 7 heteroatoms. The van der Waals surface area contributed by atoms with Crippen LogP contribution >= 0.6 is 21.6 Å². The van der Waals surface area contributed by atoms with Gasteiger partial charge in [0.2, 0.25) is 0 Å². The number of rotatable bonds is 2. The molecule has 0 radical (unpaired) electrons. The molecule has 0 bridgehead atoms. The predicted molar refractivity (Wildman–Crippen MR) is 66.9 cm³/mol. The first-order valence-corrected chi connectivity index (χ1v) is 7.03. The van der Waals surface area contributed by atoms with Gasteiger partial charge in [-0.25, -0.2) is 9.59 Å². The maximum absolute atomic E-state index is 9.10. The molecule has 0 saturated carbocycles. The van der Waals surface area contributed by atoms with E-state index in [0.29, 0.717) is 0 Å². The third-order valence-electron chi connectivity index (χ3n) is 1.70. The van der Waals surface area contributed by atoms with Crippen LogP contribution in [0.25, 0.3) is 0 Å². The van der Waals surface area contributed by atoms with Gasteiger partial charge in [0.15, 0.2) is 0 Å². The summed E-state index contributed by atoms with van der Waals surface area (Å²) in [6, 6.07) is 0. The quantitative estimate of drug-likeness (QED) is 0.576. The number of hydrogen-bond donors (Lipinski definition) is 2. The van der Waals surface area contributed by atoms with Gasteiger partial charge in [0, 0.05) is 17.0 Å². The second kappa shape index (κ2) is 7.81. The van der Waals surface area contributed by atoms with E-state index in [0.717, 1.165) is 10.5 Å². The van der Waals surface area contributed by atoms with Crippen LogP contribution in [0, 0.1) is 0 Å². The molecule has 0 aliphatic carbocycles. The van der Waals surface area contributed by atoms with Gasteiger partial charge < -0.3 is 15.1 Å². The summed E-state index contributed by atoms with van der Waals surface area (Å²) in [7, 11) is 8.39. The molecule has 1 saturated heterocycles. The molecule has 0 aromatic heterocycles. The van der Waals surface area contributed by atoms with Crippen molar-refractivity contribution in [2.45, 2.75) is 23.8 Å². The maximum atomic E-state index is 9.10. The van der Waals surface area contributed by atoms with E-state index in [1.807, 2.05) is 10.8 Å². The van der Waals surface area contributed by atoms with Gasteiger partial charge in [0.05, 0.1) is 0 Å². The normalized spacial score (nSPS) is 23.8. The molecule has 1 aliphatic rings. The average Bonchev–Trinajstić information content (AvgIpc) is 2.50. The SMILES string of the molecule is CC1CC(CN(C)C)SS1.O=C(O)C(=O)O. The lowest BCUT2D eigenvalue weighted by atomic mass is 10.2. The third-order valence-corrected chi connectivity index (χ3v) is 5.08. The van der Waals surface area contributed by atoms with Crippen molar-refractivity contribution in [2.75, 3.05) is 20.6 Å². The molecule has 0 aromatic carbocycles. The minimum Gasteiger partial charge on any atom is -0.473 e. The Bertz CT molecular complexity index is 236. The van der Waals surface area contributed by atoms with E-state index >= 15 is 0 Å². The maximum Gasteiger partial charge on any atom is 0.414 e. The molecule has 0 amide bonds. The van der Waals surface area contributed by atoms with Crippen LogP contribution < -0.4 is 0 Å². The van der Waals surface area contributed by atoms with E-state index in [9.17, 15) is 0 Å². The molecule has 2 unspecified atom stereocenters. The van der Waals surface area contributed by atoms with E-state index in [2.05, 4.69) is 36.7 Å². The molecule has 0 spiro atoms. The van der Waals surface area contributed by atoms with Crippen LogP contribution in [0.15, 0.2) is 0 Å². The molecule has 2 N–H and O–H groups in total. The Morgan fingerprint density at radius 3 is 2.00 bits per heavy atom. The van der Waals surface area contributed by atoms with E-state index in [1.54, 1.807) is 0 Å². The number of carboxylic acid groups (broad SMARTS) is 2. The lowest BCUT2D eigenvalue weighted by Crippen LogP contribution is -2.22. The van der Waals surface area contributed by atoms with Crippen LogP contribution in [0.2, 0.25) is 0 Å². The van der Waals surface area contributed by atoms with Gasteiger partial charge in [-0.15, -0.1) is 0 Å². The summed E-state index contributed by atoms with van der Waals surface area (Å²) < 4.78 is 0. The highest BCUT2D eigenvalue weighted by Gasteiger charge is 2.22. The first-order valence-electron chi connectivity index (χ1n) is 4.76. The molecule has 1 heterocycles. The highest BCUT2D eigenvalue weighted by molar-refractivity contribution is 8.77. The number of hydrogen-bond acceptors (Lipinski definition) is 5. The van der Waals surface area contributed by atoms with Crippen molar-refractivity contribution in [3.63, 3.8) is 0 Å². The van der Waals surface area contributed by atoms with Gasteiger partial charge in [0.25, 0.3) is 0 Å². The van der Waals surface area contributed by atoms with E-state index < -0.39 is 11.9 Å². The standard InChI is InChI=1S/C7H15NS2.C2H2O4/c1-6-4-7(10-9-6)5-8(2)3;3-1(4)2(5)6/h6-7H,4-5H2,1-3H3;(H,3,4)(H,5,6). The first kappa shape index (κ1) is 15.6. The molecule has 1 rings (SSSR count). The molecule has 2 atom stereocenters. The Kier molecular flexibility index (Phi) is 7.61. The molecule has 94 valence electrons. The van der Waals surface area contributed by atoms with Gasteiger partial charge in [-0.2, -0.15) is 0 Å². The van der Waals surface area contributed by atoms with Crippen molar-refractivity contribution < 1.29 is 19.8 Å². The minimum atomic E-state index is -1.82. The van der Waals surface area contributed by atoms with Gasteiger partial charge in [-0.05, 0) is 20.5 Å². The Morgan fingerprint density at radius 2 is 1.75 bits per heavy atom. The van der Waals surface area contributed by atoms with Gasteiger partial charge in [-0.1, -0.05) is 28.5 Å². The summed E-state index contributed by atoms with van der Waals surface area (Å²) >= 11 is 0. The lowest BCUT2D eigenvalue weighted by Gasteiger charge is -2.13. The number of carboxylic acids is 2. The fourth-order valence-corrected chi connectivity index (χ4v) is 4.33. The second-order valence-corrected chi connectivity index (χ2v) is 6.74. The zero-order valence-electron chi connectivity index (χ0n) is 9.54. The summed E-state index contributed by atoms with van der Waals surface area (Å²) in [5.41, 5.74) is 0. The van der Waals surface area contributed by atoms with Crippen molar-refractivity contribution in [2.24, 2.45) is 0 Å². The smallest absolute Gasteiger partial charge is 0.414 e. The first-order chi connectivity index (χ1) is 7.32. The zero-order chi connectivity index (χ0) is 12.7. The fourth-order valence-electron chi connectivity index (χ4n) is 1.13. The molecule has 5 nitrogen and oxygen atoms in total. The Hall–Kier alpha value is -0.400. The van der Waals surface area contributed by atoms with E-state index in [1.165, 1.54) is 13.0 Å². The number of nitrogens with zero attached hydrogens (tertiary/aromatic N) is 1. The van der Waals surface area contributed by atoms with Crippen LogP contribution in [-0.2, 0) is 9.59 Å².